The zero-order valence-electron chi connectivity index (χ0n) is 11.7. The average Bonchev–Trinajstić information content (AvgIpc) is 2.40. The van der Waals surface area contributed by atoms with E-state index in [4.69, 9.17) is 10.5 Å². The first kappa shape index (κ1) is 15.5. The predicted octanol–water partition coefficient (Wildman–Crippen LogP) is 4.48. The normalized spacial score (nSPS) is 12.0. The van der Waals surface area contributed by atoms with Crippen molar-refractivity contribution >= 4 is 21.6 Å². The Hall–Kier alpha value is -1.92. The smallest absolute Gasteiger partial charge is 0.276 e. The van der Waals surface area contributed by atoms with E-state index in [0.717, 1.165) is 10.0 Å². The first-order chi connectivity index (χ1) is 9.90. The van der Waals surface area contributed by atoms with E-state index in [1.54, 1.807) is 25.1 Å². The Kier molecular flexibility index (Phi) is 4.59. The van der Waals surface area contributed by atoms with Gasteiger partial charge in [0.2, 0.25) is 0 Å². The quantitative estimate of drug-likeness (QED) is 0.651. The van der Waals surface area contributed by atoms with Gasteiger partial charge in [-0.15, -0.1) is 0 Å². The second kappa shape index (κ2) is 6.24. The molecule has 0 fully saturated rings. The van der Waals surface area contributed by atoms with Crippen LogP contribution in [0.4, 0.5) is 5.69 Å². The summed E-state index contributed by atoms with van der Waals surface area (Å²) in [6, 6.07) is 10.1. The Morgan fingerprint density at radius 2 is 2.00 bits per heavy atom. The standard InChI is InChI=1S/C15H15BrN2O3/c1-9-13(18(19)20)4-3-5-14(9)21-15-8-11(16)6-7-12(15)10(2)17/h3-8,10H,17H2,1-2H3. The molecule has 0 radical (unpaired) electrons. The van der Waals surface area contributed by atoms with Gasteiger partial charge in [-0.05, 0) is 32.0 Å². The van der Waals surface area contributed by atoms with E-state index in [0.29, 0.717) is 17.1 Å². The molecule has 1 atom stereocenters. The van der Waals surface area contributed by atoms with E-state index < -0.39 is 4.92 Å². The highest BCUT2D eigenvalue weighted by molar-refractivity contribution is 9.10. The van der Waals surface area contributed by atoms with Crippen LogP contribution < -0.4 is 10.5 Å². The lowest BCUT2D eigenvalue weighted by Crippen LogP contribution is -2.07. The number of halogens is 1. The molecule has 0 aliphatic heterocycles. The summed E-state index contributed by atoms with van der Waals surface area (Å²) in [5.41, 5.74) is 7.28. The number of benzene rings is 2. The summed E-state index contributed by atoms with van der Waals surface area (Å²) in [6.45, 7) is 3.52. The molecule has 0 saturated heterocycles. The van der Waals surface area contributed by atoms with Gasteiger partial charge in [0.25, 0.3) is 5.69 Å². The molecule has 0 aliphatic rings. The molecule has 110 valence electrons. The zero-order valence-corrected chi connectivity index (χ0v) is 13.3. The maximum absolute atomic E-state index is 11.0. The molecule has 2 aromatic carbocycles. The highest BCUT2D eigenvalue weighted by atomic mass is 79.9. The molecule has 0 amide bonds. The number of rotatable bonds is 4. The van der Waals surface area contributed by atoms with Crippen molar-refractivity contribution in [3.63, 3.8) is 0 Å². The molecule has 21 heavy (non-hydrogen) atoms. The largest absolute Gasteiger partial charge is 0.456 e. The molecule has 1 unspecified atom stereocenters. The highest BCUT2D eigenvalue weighted by Gasteiger charge is 2.16. The maximum atomic E-state index is 11.0. The zero-order chi connectivity index (χ0) is 15.6. The van der Waals surface area contributed by atoms with Crippen LogP contribution in [0.2, 0.25) is 0 Å². The van der Waals surface area contributed by atoms with Gasteiger partial charge in [0, 0.05) is 22.1 Å². The fourth-order valence-corrected chi connectivity index (χ4v) is 2.34. The first-order valence-electron chi connectivity index (χ1n) is 6.37. The van der Waals surface area contributed by atoms with Gasteiger partial charge in [-0.25, -0.2) is 0 Å². The molecule has 0 saturated carbocycles. The summed E-state index contributed by atoms with van der Waals surface area (Å²) >= 11 is 3.39. The predicted molar refractivity (Wildman–Crippen MR) is 84.7 cm³/mol. The molecule has 2 rings (SSSR count). The molecule has 6 heteroatoms. The van der Waals surface area contributed by atoms with Crippen LogP contribution in [0.25, 0.3) is 0 Å². The van der Waals surface area contributed by atoms with Crippen molar-refractivity contribution in [3.05, 3.63) is 62.1 Å². The van der Waals surface area contributed by atoms with Gasteiger partial charge >= 0.3 is 0 Å². The summed E-state index contributed by atoms with van der Waals surface area (Å²) < 4.78 is 6.71. The van der Waals surface area contributed by atoms with Crippen molar-refractivity contribution in [2.24, 2.45) is 5.73 Å². The van der Waals surface area contributed by atoms with Crippen molar-refractivity contribution in [1.29, 1.82) is 0 Å². The minimum absolute atomic E-state index is 0.0323. The average molecular weight is 351 g/mol. The van der Waals surface area contributed by atoms with Crippen LogP contribution in [0.5, 0.6) is 11.5 Å². The minimum atomic E-state index is -0.421. The number of ether oxygens (including phenoxy) is 1. The number of hydrogen-bond donors (Lipinski definition) is 1. The Bertz CT molecular complexity index is 687. The monoisotopic (exact) mass is 350 g/mol. The first-order valence-corrected chi connectivity index (χ1v) is 7.16. The number of nitrogens with zero attached hydrogens (tertiary/aromatic N) is 1. The van der Waals surface area contributed by atoms with E-state index in [1.807, 2.05) is 19.1 Å². The molecule has 5 nitrogen and oxygen atoms in total. The molecule has 0 heterocycles. The second-order valence-electron chi connectivity index (χ2n) is 4.73. The molecular formula is C15H15BrN2O3. The number of nitro benzene ring substituents is 1. The fraction of sp³-hybridized carbons (Fsp3) is 0.200. The van der Waals surface area contributed by atoms with E-state index in [1.165, 1.54) is 6.07 Å². The van der Waals surface area contributed by atoms with Gasteiger partial charge < -0.3 is 10.5 Å². The van der Waals surface area contributed by atoms with Gasteiger partial charge in [-0.3, -0.25) is 10.1 Å². The third-order valence-corrected chi connectivity index (χ3v) is 3.63. The number of nitro groups is 1. The fourth-order valence-electron chi connectivity index (χ4n) is 2.00. The van der Waals surface area contributed by atoms with Crippen molar-refractivity contribution in [1.82, 2.24) is 0 Å². The Morgan fingerprint density at radius 3 is 2.62 bits per heavy atom. The molecule has 2 aromatic rings. The van der Waals surface area contributed by atoms with Crippen LogP contribution in [0, 0.1) is 17.0 Å². The Morgan fingerprint density at radius 1 is 1.29 bits per heavy atom. The molecule has 0 bridgehead atoms. The van der Waals surface area contributed by atoms with Crippen LogP contribution in [0.15, 0.2) is 40.9 Å². The van der Waals surface area contributed by atoms with Gasteiger partial charge in [0.05, 0.1) is 10.5 Å². The lowest BCUT2D eigenvalue weighted by molar-refractivity contribution is -0.385. The molecular weight excluding hydrogens is 336 g/mol. The second-order valence-corrected chi connectivity index (χ2v) is 5.65. The van der Waals surface area contributed by atoms with E-state index in [2.05, 4.69) is 15.9 Å². The van der Waals surface area contributed by atoms with E-state index in [-0.39, 0.29) is 11.7 Å². The van der Waals surface area contributed by atoms with Gasteiger partial charge in [-0.1, -0.05) is 28.1 Å². The summed E-state index contributed by atoms with van der Waals surface area (Å²) in [4.78, 5) is 10.6. The third kappa shape index (κ3) is 3.40. The van der Waals surface area contributed by atoms with E-state index in [9.17, 15) is 10.1 Å². The summed E-state index contributed by atoms with van der Waals surface area (Å²) in [5.74, 6) is 1.03. The topological polar surface area (TPSA) is 78.4 Å². The SMILES string of the molecule is Cc1c(Oc2cc(Br)ccc2C(C)N)cccc1[N+](=O)[O-]. The van der Waals surface area contributed by atoms with Crippen LogP contribution in [0.3, 0.4) is 0 Å². The maximum Gasteiger partial charge on any atom is 0.276 e. The van der Waals surface area contributed by atoms with E-state index >= 15 is 0 Å². The van der Waals surface area contributed by atoms with Crippen LogP contribution >= 0.6 is 15.9 Å². The van der Waals surface area contributed by atoms with Crippen molar-refractivity contribution in [2.75, 3.05) is 0 Å². The van der Waals surface area contributed by atoms with Crippen molar-refractivity contribution in [2.45, 2.75) is 19.9 Å². The lowest BCUT2D eigenvalue weighted by Gasteiger charge is -2.15. The third-order valence-electron chi connectivity index (χ3n) is 3.14. The van der Waals surface area contributed by atoms with Gasteiger partial charge in [0.15, 0.2) is 0 Å². The number of hydrogen-bond acceptors (Lipinski definition) is 4. The molecule has 0 aromatic heterocycles. The van der Waals surface area contributed by atoms with Crippen molar-refractivity contribution in [3.8, 4) is 11.5 Å². The van der Waals surface area contributed by atoms with Crippen LogP contribution in [-0.2, 0) is 0 Å². The summed E-state index contributed by atoms with van der Waals surface area (Å²) in [7, 11) is 0. The van der Waals surface area contributed by atoms with Crippen LogP contribution in [-0.4, -0.2) is 4.92 Å². The Balaban J connectivity index is 2.46. The van der Waals surface area contributed by atoms with Gasteiger partial charge in [0.1, 0.15) is 11.5 Å². The highest BCUT2D eigenvalue weighted by Crippen LogP contribution is 2.35. The number of nitrogens with two attached hydrogens (primary N) is 1. The Labute approximate surface area is 131 Å². The summed E-state index contributed by atoms with van der Waals surface area (Å²) in [6.07, 6.45) is 0. The van der Waals surface area contributed by atoms with Crippen molar-refractivity contribution < 1.29 is 9.66 Å². The molecule has 0 aliphatic carbocycles. The molecule has 2 N–H and O–H groups in total. The minimum Gasteiger partial charge on any atom is -0.456 e. The summed E-state index contributed by atoms with van der Waals surface area (Å²) in [5, 5.41) is 11.0. The molecule has 0 spiro atoms. The van der Waals surface area contributed by atoms with Gasteiger partial charge in [-0.2, -0.15) is 0 Å². The van der Waals surface area contributed by atoms with Crippen LogP contribution in [0.1, 0.15) is 24.1 Å². The lowest BCUT2D eigenvalue weighted by atomic mass is 10.1.